The fraction of sp³-hybridized carbons (Fsp3) is 0.227. The number of nitrogens with zero attached hydrogens (tertiary/aromatic N) is 2. The highest BCUT2D eigenvalue weighted by molar-refractivity contribution is 6.02. The zero-order chi connectivity index (χ0) is 20.1. The minimum Gasteiger partial charge on any atom is -0.495 e. The molecule has 1 heterocycles. The monoisotopic (exact) mass is 377 g/mol. The van der Waals surface area contributed by atoms with Crippen molar-refractivity contribution in [3.63, 3.8) is 0 Å². The van der Waals surface area contributed by atoms with E-state index in [1.165, 1.54) is 6.92 Å². The van der Waals surface area contributed by atoms with Gasteiger partial charge in [-0.1, -0.05) is 24.3 Å². The summed E-state index contributed by atoms with van der Waals surface area (Å²) >= 11 is 0. The number of para-hydroxylation sites is 1. The second-order valence-electron chi connectivity index (χ2n) is 6.52. The Hall–Kier alpha value is -3.41. The lowest BCUT2D eigenvalue weighted by atomic mass is 10.1. The van der Waals surface area contributed by atoms with Crippen molar-refractivity contribution in [2.75, 3.05) is 23.9 Å². The molecule has 1 aromatic heterocycles. The number of anilines is 2. The molecule has 0 unspecified atom stereocenters. The third-order valence-electron chi connectivity index (χ3n) is 4.47. The Morgan fingerprint density at radius 1 is 1.14 bits per heavy atom. The summed E-state index contributed by atoms with van der Waals surface area (Å²) in [5.41, 5.74) is 3.07. The van der Waals surface area contributed by atoms with E-state index in [1.807, 2.05) is 55.5 Å². The molecule has 6 heteroatoms. The number of aryl methyl sites for hydroxylation is 1. The van der Waals surface area contributed by atoms with E-state index in [2.05, 4.69) is 10.3 Å². The molecule has 6 nitrogen and oxygen atoms in total. The van der Waals surface area contributed by atoms with Gasteiger partial charge in [-0.25, -0.2) is 0 Å². The van der Waals surface area contributed by atoms with Crippen molar-refractivity contribution in [1.82, 2.24) is 4.98 Å². The number of aromatic nitrogens is 1. The van der Waals surface area contributed by atoms with E-state index < -0.39 is 0 Å². The van der Waals surface area contributed by atoms with Gasteiger partial charge in [-0.05, 0) is 36.8 Å². The molecule has 0 atom stereocenters. The number of fused-ring (bicyclic) bond motifs is 1. The summed E-state index contributed by atoms with van der Waals surface area (Å²) in [7, 11) is 1.56. The predicted octanol–water partition coefficient (Wildman–Crippen LogP) is 3.93. The number of rotatable bonds is 6. The number of amides is 2. The van der Waals surface area contributed by atoms with Gasteiger partial charge in [0.2, 0.25) is 11.8 Å². The minimum absolute atomic E-state index is 0.140. The molecule has 3 aromatic rings. The molecule has 0 fully saturated rings. The quantitative estimate of drug-likeness (QED) is 0.706. The van der Waals surface area contributed by atoms with Gasteiger partial charge in [0, 0.05) is 31.5 Å². The van der Waals surface area contributed by atoms with E-state index in [1.54, 1.807) is 18.2 Å². The molecule has 0 aliphatic carbocycles. The second-order valence-corrected chi connectivity index (χ2v) is 6.52. The molecule has 144 valence electrons. The summed E-state index contributed by atoms with van der Waals surface area (Å²) in [5.74, 6) is 0.267. The molecule has 0 saturated carbocycles. The van der Waals surface area contributed by atoms with Crippen LogP contribution in [0.15, 0.2) is 54.7 Å². The number of carbonyl (C=O) groups excluding carboxylic acids is 2. The maximum atomic E-state index is 12.5. The molecule has 2 amide bonds. The predicted molar refractivity (Wildman–Crippen MR) is 111 cm³/mol. The third-order valence-corrected chi connectivity index (χ3v) is 4.47. The largest absolute Gasteiger partial charge is 0.495 e. The molecule has 28 heavy (non-hydrogen) atoms. The van der Waals surface area contributed by atoms with E-state index in [0.717, 1.165) is 16.5 Å². The molecular weight excluding hydrogens is 354 g/mol. The van der Waals surface area contributed by atoms with Gasteiger partial charge in [0.15, 0.2) is 0 Å². The van der Waals surface area contributed by atoms with Crippen molar-refractivity contribution >= 4 is 34.1 Å². The van der Waals surface area contributed by atoms with Crippen molar-refractivity contribution in [3.8, 4) is 5.75 Å². The van der Waals surface area contributed by atoms with Crippen LogP contribution in [0.1, 0.15) is 18.9 Å². The Balaban J connectivity index is 1.76. The highest BCUT2D eigenvalue weighted by Gasteiger charge is 2.17. The van der Waals surface area contributed by atoms with E-state index in [4.69, 9.17) is 4.74 Å². The molecule has 0 saturated heterocycles. The van der Waals surface area contributed by atoms with Crippen molar-refractivity contribution in [1.29, 1.82) is 0 Å². The summed E-state index contributed by atoms with van der Waals surface area (Å²) in [6.45, 7) is 3.69. The van der Waals surface area contributed by atoms with Crippen LogP contribution >= 0.6 is 0 Å². The highest BCUT2D eigenvalue weighted by Crippen LogP contribution is 2.27. The summed E-state index contributed by atoms with van der Waals surface area (Å²) in [6.07, 6.45) is 1.85. The van der Waals surface area contributed by atoms with Gasteiger partial charge in [0.05, 0.1) is 24.0 Å². The minimum atomic E-state index is -0.191. The van der Waals surface area contributed by atoms with Crippen molar-refractivity contribution in [2.45, 2.75) is 20.3 Å². The van der Waals surface area contributed by atoms with Crippen molar-refractivity contribution < 1.29 is 14.3 Å². The van der Waals surface area contributed by atoms with Gasteiger partial charge in [-0.3, -0.25) is 14.6 Å². The zero-order valence-corrected chi connectivity index (χ0v) is 16.2. The number of nitrogens with one attached hydrogen (secondary N) is 1. The first kappa shape index (κ1) is 19.4. The van der Waals surface area contributed by atoms with Crippen LogP contribution in [0.3, 0.4) is 0 Å². The number of carbonyl (C=O) groups is 2. The Kier molecular flexibility index (Phi) is 5.89. The first-order valence-corrected chi connectivity index (χ1v) is 9.06. The number of benzene rings is 2. The molecule has 2 aromatic carbocycles. The molecule has 0 aliphatic heterocycles. The lowest BCUT2D eigenvalue weighted by Crippen LogP contribution is -2.32. The van der Waals surface area contributed by atoms with Gasteiger partial charge in [-0.2, -0.15) is 0 Å². The third kappa shape index (κ3) is 4.28. The Bertz CT molecular complexity index is 1010. The van der Waals surface area contributed by atoms with Crippen LogP contribution in [0, 0.1) is 6.92 Å². The Labute approximate surface area is 164 Å². The Morgan fingerprint density at radius 2 is 1.93 bits per heavy atom. The van der Waals surface area contributed by atoms with E-state index in [-0.39, 0.29) is 24.8 Å². The summed E-state index contributed by atoms with van der Waals surface area (Å²) in [5, 5.41) is 3.81. The zero-order valence-electron chi connectivity index (χ0n) is 16.2. The molecule has 0 aliphatic rings. The lowest BCUT2D eigenvalue weighted by molar-refractivity contribution is -0.117. The molecular formula is C22H23N3O3. The van der Waals surface area contributed by atoms with Gasteiger partial charge in [-0.15, -0.1) is 0 Å². The van der Waals surface area contributed by atoms with Gasteiger partial charge in [0.25, 0.3) is 0 Å². The van der Waals surface area contributed by atoms with Crippen LogP contribution in [-0.2, 0) is 9.59 Å². The normalized spacial score (nSPS) is 10.5. The highest BCUT2D eigenvalue weighted by atomic mass is 16.5. The SMILES string of the molecule is COc1ccc(C)cc1NC(=O)CCN(C(C)=O)c1cccc2cccnc12. The van der Waals surface area contributed by atoms with Crippen LogP contribution in [-0.4, -0.2) is 30.5 Å². The number of pyridine rings is 1. The van der Waals surface area contributed by atoms with Crippen LogP contribution in [0.25, 0.3) is 10.9 Å². The lowest BCUT2D eigenvalue weighted by Gasteiger charge is -2.22. The number of methoxy groups -OCH3 is 1. The van der Waals surface area contributed by atoms with Crippen LogP contribution in [0.5, 0.6) is 5.75 Å². The molecule has 1 N–H and O–H groups in total. The molecule has 0 spiro atoms. The van der Waals surface area contributed by atoms with E-state index >= 15 is 0 Å². The fourth-order valence-corrected chi connectivity index (χ4v) is 3.10. The standard InChI is InChI=1S/C22H23N3O3/c1-15-9-10-20(28-3)18(14-15)24-21(27)11-13-25(16(2)26)19-8-4-6-17-7-5-12-23-22(17)19/h4-10,12,14H,11,13H2,1-3H3,(H,24,27). The summed E-state index contributed by atoms with van der Waals surface area (Å²) in [6, 6.07) is 15.1. The van der Waals surface area contributed by atoms with Crippen molar-refractivity contribution in [3.05, 3.63) is 60.3 Å². The van der Waals surface area contributed by atoms with Crippen LogP contribution < -0.4 is 15.0 Å². The molecule has 0 radical (unpaired) electrons. The first-order valence-electron chi connectivity index (χ1n) is 9.06. The smallest absolute Gasteiger partial charge is 0.226 e. The number of hydrogen-bond donors (Lipinski definition) is 1. The van der Waals surface area contributed by atoms with Gasteiger partial charge < -0.3 is 15.0 Å². The van der Waals surface area contributed by atoms with Gasteiger partial charge in [0.1, 0.15) is 5.75 Å². The maximum Gasteiger partial charge on any atom is 0.226 e. The van der Waals surface area contributed by atoms with Gasteiger partial charge >= 0.3 is 0 Å². The van der Waals surface area contributed by atoms with Crippen LogP contribution in [0.4, 0.5) is 11.4 Å². The fourth-order valence-electron chi connectivity index (χ4n) is 3.10. The van der Waals surface area contributed by atoms with E-state index in [9.17, 15) is 9.59 Å². The van der Waals surface area contributed by atoms with Crippen molar-refractivity contribution in [2.24, 2.45) is 0 Å². The van der Waals surface area contributed by atoms with E-state index in [0.29, 0.717) is 17.1 Å². The number of ether oxygens (including phenoxy) is 1. The average Bonchev–Trinajstić information content (AvgIpc) is 2.68. The second kappa shape index (κ2) is 8.52. The number of hydrogen-bond acceptors (Lipinski definition) is 4. The first-order chi connectivity index (χ1) is 13.5. The van der Waals surface area contributed by atoms with Crippen LogP contribution in [0.2, 0.25) is 0 Å². The molecule has 3 rings (SSSR count). The maximum absolute atomic E-state index is 12.5. The summed E-state index contributed by atoms with van der Waals surface area (Å²) < 4.78 is 5.30. The molecule has 0 bridgehead atoms. The average molecular weight is 377 g/mol. The topological polar surface area (TPSA) is 71.5 Å². The Morgan fingerprint density at radius 3 is 2.68 bits per heavy atom. The summed E-state index contributed by atoms with van der Waals surface area (Å²) in [4.78, 5) is 30.7.